The van der Waals surface area contributed by atoms with E-state index in [-0.39, 0.29) is 5.69 Å². The second kappa shape index (κ2) is 7.02. The summed E-state index contributed by atoms with van der Waals surface area (Å²) in [5.41, 5.74) is -1.88. The molecule has 0 aliphatic heterocycles. The second-order valence-electron chi connectivity index (χ2n) is 5.51. The molecule has 2 aromatic carbocycles. The highest BCUT2D eigenvalue weighted by atomic mass is 19.4. The Bertz CT molecular complexity index is 1060. The highest BCUT2D eigenvalue weighted by molar-refractivity contribution is 6.05. The Kier molecular flexibility index (Phi) is 4.76. The fourth-order valence-corrected chi connectivity index (χ4v) is 2.63. The van der Waals surface area contributed by atoms with Crippen molar-refractivity contribution in [2.75, 3.05) is 23.0 Å². The van der Waals surface area contributed by atoms with Gasteiger partial charge in [-0.25, -0.2) is 9.59 Å². The van der Waals surface area contributed by atoms with Gasteiger partial charge in [-0.2, -0.15) is 13.2 Å². The van der Waals surface area contributed by atoms with Crippen LogP contribution in [-0.4, -0.2) is 13.1 Å². The van der Waals surface area contributed by atoms with Gasteiger partial charge in [0.1, 0.15) is 5.58 Å². The van der Waals surface area contributed by atoms with Crippen molar-refractivity contribution in [1.29, 1.82) is 0 Å². The Morgan fingerprint density at radius 1 is 0.963 bits per heavy atom. The minimum Gasteiger partial charge on any atom is -0.421 e. The molecule has 1 aromatic heterocycles. The molecule has 0 saturated heterocycles. The number of hydrogen-bond donors (Lipinski definition) is 3. The third kappa shape index (κ3) is 3.71. The summed E-state index contributed by atoms with van der Waals surface area (Å²) in [4.78, 5) is 24.4. The van der Waals surface area contributed by atoms with Crippen LogP contribution in [0.25, 0.3) is 11.0 Å². The average molecular weight is 377 g/mol. The maximum absolute atomic E-state index is 13.0. The number of anilines is 3. The van der Waals surface area contributed by atoms with Crippen LogP contribution in [0.1, 0.15) is 5.56 Å². The van der Waals surface area contributed by atoms with Crippen molar-refractivity contribution in [2.24, 2.45) is 0 Å². The lowest BCUT2D eigenvalue weighted by molar-refractivity contribution is -0.136. The Morgan fingerprint density at radius 3 is 2.33 bits per heavy atom. The SMILES string of the molecule is CNc1c(NC(=O)Nc2ccccc2C(F)(F)F)c(=O)oc2ccccc12. The number of nitrogens with one attached hydrogen (secondary N) is 3. The van der Waals surface area contributed by atoms with Crippen LogP contribution in [0.3, 0.4) is 0 Å². The van der Waals surface area contributed by atoms with Gasteiger partial charge in [-0.1, -0.05) is 24.3 Å². The molecule has 9 heteroatoms. The molecule has 0 aliphatic carbocycles. The zero-order valence-corrected chi connectivity index (χ0v) is 14.0. The van der Waals surface area contributed by atoms with Crippen molar-refractivity contribution in [3.8, 4) is 0 Å². The Balaban J connectivity index is 1.94. The predicted octanol–water partition coefficient (Wildman–Crippen LogP) is 4.50. The molecule has 0 fully saturated rings. The highest BCUT2D eigenvalue weighted by Crippen LogP contribution is 2.34. The summed E-state index contributed by atoms with van der Waals surface area (Å²) in [6.45, 7) is 0. The van der Waals surface area contributed by atoms with Gasteiger partial charge >= 0.3 is 17.8 Å². The predicted molar refractivity (Wildman–Crippen MR) is 96.1 cm³/mol. The largest absolute Gasteiger partial charge is 0.421 e. The van der Waals surface area contributed by atoms with E-state index in [1.807, 2.05) is 0 Å². The summed E-state index contributed by atoms with van der Waals surface area (Å²) in [6, 6.07) is 10.2. The van der Waals surface area contributed by atoms with E-state index >= 15 is 0 Å². The number of benzene rings is 2. The lowest BCUT2D eigenvalue weighted by Gasteiger charge is -2.15. The summed E-state index contributed by atoms with van der Waals surface area (Å²) in [6.07, 6.45) is -4.64. The van der Waals surface area contributed by atoms with Crippen molar-refractivity contribution in [3.05, 3.63) is 64.5 Å². The lowest BCUT2D eigenvalue weighted by Crippen LogP contribution is -2.25. The van der Waals surface area contributed by atoms with Crippen LogP contribution in [0.2, 0.25) is 0 Å². The molecular formula is C18H14F3N3O3. The molecule has 3 N–H and O–H groups in total. The van der Waals surface area contributed by atoms with Crippen molar-refractivity contribution < 1.29 is 22.4 Å². The van der Waals surface area contributed by atoms with Crippen LogP contribution < -0.4 is 21.6 Å². The number of amides is 2. The van der Waals surface area contributed by atoms with Gasteiger partial charge in [-0.15, -0.1) is 0 Å². The van der Waals surface area contributed by atoms with E-state index in [4.69, 9.17) is 4.42 Å². The molecule has 0 bridgehead atoms. The molecule has 0 aliphatic rings. The van der Waals surface area contributed by atoms with E-state index in [1.165, 1.54) is 12.1 Å². The number of para-hydroxylation sites is 2. The first kappa shape index (κ1) is 18.3. The van der Waals surface area contributed by atoms with Gasteiger partial charge < -0.3 is 15.1 Å². The maximum Gasteiger partial charge on any atom is 0.418 e. The number of carbonyl (C=O) groups is 1. The minimum absolute atomic E-state index is 0.210. The van der Waals surface area contributed by atoms with E-state index < -0.39 is 29.1 Å². The molecule has 0 saturated carbocycles. The molecule has 3 aromatic rings. The van der Waals surface area contributed by atoms with E-state index in [1.54, 1.807) is 31.3 Å². The molecule has 0 spiro atoms. The Hall–Kier alpha value is -3.49. The molecule has 0 radical (unpaired) electrons. The molecule has 27 heavy (non-hydrogen) atoms. The molecule has 6 nitrogen and oxygen atoms in total. The standard InChI is InChI=1S/C18H14F3N3O3/c1-22-14-10-6-2-5-9-13(10)27-16(25)15(14)24-17(26)23-12-8-4-3-7-11(12)18(19,20)21/h2-9,22H,1H3,(H2,23,24,26). The number of carbonyl (C=O) groups excluding carboxylic acids is 1. The molecule has 140 valence electrons. The van der Waals surface area contributed by atoms with Gasteiger partial charge in [0, 0.05) is 12.4 Å². The quantitative estimate of drug-likeness (QED) is 0.587. The Morgan fingerprint density at radius 2 is 1.63 bits per heavy atom. The molecule has 1 heterocycles. The van der Waals surface area contributed by atoms with Crippen LogP contribution in [-0.2, 0) is 6.18 Å². The number of rotatable bonds is 3. The first-order chi connectivity index (χ1) is 12.8. The number of halogens is 3. The van der Waals surface area contributed by atoms with Gasteiger partial charge in [-0.05, 0) is 24.3 Å². The lowest BCUT2D eigenvalue weighted by atomic mass is 10.1. The fraction of sp³-hybridized carbons (Fsp3) is 0.111. The second-order valence-corrected chi connectivity index (χ2v) is 5.51. The smallest absolute Gasteiger partial charge is 0.418 e. The normalized spacial score (nSPS) is 11.3. The molecule has 0 unspecified atom stereocenters. The van der Waals surface area contributed by atoms with Gasteiger partial charge in [0.15, 0.2) is 5.69 Å². The summed E-state index contributed by atoms with van der Waals surface area (Å²) in [5, 5.41) is 7.71. The van der Waals surface area contributed by atoms with Crippen LogP contribution in [0.4, 0.5) is 35.0 Å². The highest BCUT2D eigenvalue weighted by Gasteiger charge is 2.33. The minimum atomic E-state index is -4.64. The number of hydrogen-bond acceptors (Lipinski definition) is 4. The maximum atomic E-state index is 13.0. The van der Waals surface area contributed by atoms with Crippen molar-refractivity contribution in [2.45, 2.75) is 6.18 Å². The van der Waals surface area contributed by atoms with Crippen molar-refractivity contribution in [3.63, 3.8) is 0 Å². The number of fused-ring (bicyclic) bond motifs is 1. The van der Waals surface area contributed by atoms with Crippen molar-refractivity contribution in [1.82, 2.24) is 0 Å². The number of urea groups is 1. The van der Waals surface area contributed by atoms with Gasteiger partial charge in [0.25, 0.3) is 0 Å². The van der Waals surface area contributed by atoms with Crippen LogP contribution in [0, 0.1) is 0 Å². The van der Waals surface area contributed by atoms with Crippen LogP contribution in [0.5, 0.6) is 0 Å². The van der Waals surface area contributed by atoms with Gasteiger partial charge in [0.2, 0.25) is 0 Å². The first-order valence-corrected chi connectivity index (χ1v) is 7.79. The third-order valence-electron chi connectivity index (χ3n) is 3.78. The molecular weight excluding hydrogens is 363 g/mol. The summed E-state index contributed by atoms with van der Waals surface area (Å²) in [5.74, 6) is 0. The zero-order valence-electron chi connectivity index (χ0n) is 14.0. The molecule has 0 atom stereocenters. The van der Waals surface area contributed by atoms with Gasteiger partial charge in [-0.3, -0.25) is 5.32 Å². The first-order valence-electron chi connectivity index (χ1n) is 7.79. The average Bonchev–Trinajstić information content (AvgIpc) is 2.62. The molecule has 3 rings (SSSR count). The molecule has 2 amide bonds. The van der Waals surface area contributed by atoms with E-state index in [2.05, 4.69) is 16.0 Å². The van der Waals surface area contributed by atoms with Gasteiger partial charge in [0.05, 0.1) is 16.9 Å². The third-order valence-corrected chi connectivity index (χ3v) is 3.78. The van der Waals surface area contributed by atoms with E-state index in [0.717, 1.165) is 12.1 Å². The Labute approximate surface area is 151 Å². The van der Waals surface area contributed by atoms with Crippen LogP contribution >= 0.6 is 0 Å². The topological polar surface area (TPSA) is 83.4 Å². The zero-order chi connectivity index (χ0) is 19.6. The summed E-state index contributed by atoms with van der Waals surface area (Å²) >= 11 is 0. The van der Waals surface area contributed by atoms with Crippen molar-refractivity contribution >= 4 is 34.1 Å². The van der Waals surface area contributed by atoms with E-state index in [0.29, 0.717) is 16.7 Å². The van der Waals surface area contributed by atoms with E-state index in [9.17, 15) is 22.8 Å². The van der Waals surface area contributed by atoms with Crippen LogP contribution in [0.15, 0.2) is 57.7 Å². The fourth-order valence-electron chi connectivity index (χ4n) is 2.63. The monoisotopic (exact) mass is 377 g/mol. The number of alkyl halides is 3. The summed E-state index contributed by atoms with van der Waals surface area (Å²) < 4.78 is 44.3. The summed E-state index contributed by atoms with van der Waals surface area (Å²) in [7, 11) is 1.54.